The summed E-state index contributed by atoms with van der Waals surface area (Å²) in [6.07, 6.45) is 1.95. The third-order valence-electron chi connectivity index (χ3n) is 4.05. The van der Waals surface area contributed by atoms with Crippen molar-refractivity contribution in [3.8, 4) is 5.75 Å². The second-order valence-corrected chi connectivity index (χ2v) is 6.19. The molecule has 0 unspecified atom stereocenters. The Morgan fingerprint density at radius 3 is 2.50 bits per heavy atom. The molecule has 1 aromatic carbocycles. The van der Waals surface area contributed by atoms with E-state index in [-0.39, 0.29) is 16.9 Å². The maximum Gasteiger partial charge on any atom is 0.218 e. The van der Waals surface area contributed by atoms with Crippen LogP contribution in [0.3, 0.4) is 0 Å². The fourth-order valence-corrected chi connectivity index (χ4v) is 3.25. The molecule has 2 N–H and O–H groups in total. The first-order valence-corrected chi connectivity index (χ1v) is 6.94. The van der Waals surface area contributed by atoms with Gasteiger partial charge in [-0.25, -0.2) is 0 Å². The van der Waals surface area contributed by atoms with E-state index in [1.54, 1.807) is 7.11 Å². The fourth-order valence-electron chi connectivity index (χ4n) is 3.25. The number of carbonyl (C=O) groups is 1. The Morgan fingerprint density at radius 1 is 1.35 bits per heavy atom. The molecule has 4 heteroatoms. The zero-order chi connectivity index (χ0) is 14.8. The Labute approximate surface area is 120 Å². The van der Waals surface area contributed by atoms with Crippen molar-refractivity contribution < 1.29 is 14.3 Å². The first-order valence-electron chi connectivity index (χ1n) is 6.94. The Balaban J connectivity index is 2.37. The van der Waals surface area contributed by atoms with E-state index in [9.17, 15) is 4.79 Å². The lowest BCUT2D eigenvalue weighted by Gasteiger charge is -2.45. The number of hydrogen-bond acceptors (Lipinski definition) is 3. The van der Waals surface area contributed by atoms with Crippen molar-refractivity contribution in [3.63, 3.8) is 0 Å². The highest BCUT2D eigenvalue weighted by molar-refractivity contribution is 5.75. The predicted molar refractivity (Wildman–Crippen MR) is 77.7 cm³/mol. The number of rotatable bonds is 4. The van der Waals surface area contributed by atoms with Gasteiger partial charge in [0.15, 0.2) is 0 Å². The van der Waals surface area contributed by atoms with Crippen LogP contribution in [0.2, 0.25) is 0 Å². The molecule has 1 aromatic rings. The summed E-state index contributed by atoms with van der Waals surface area (Å²) >= 11 is 0. The Hall–Kier alpha value is -1.55. The summed E-state index contributed by atoms with van der Waals surface area (Å²) in [7, 11) is 1.64. The quantitative estimate of drug-likeness (QED) is 0.919. The minimum atomic E-state index is -0.265. The first-order chi connectivity index (χ1) is 9.37. The van der Waals surface area contributed by atoms with Crippen LogP contribution in [0, 0.1) is 0 Å². The molecular weight excluding hydrogens is 254 g/mol. The highest BCUT2D eigenvalue weighted by atomic mass is 16.5. The van der Waals surface area contributed by atoms with Crippen LogP contribution in [0.5, 0.6) is 5.75 Å². The molecule has 20 heavy (non-hydrogen) atoms. The lowest BCUT2D eigenvalue weighted by Crippen LogP contribution is -2.46. The van der Waals surface area contributed by atoms with Crippen LogP contribution in [0.25, 0.3) is 0 Å². The number of methoxy groups -OCH3 is 1. The smallest absolute Gasteiger partial charge is 0.218 e. The van der Waals surface area contributed by atoms with Gasteiger partial charge in [-0.2, -0.15) is 0 Å². The molecule has 0 aromatic heterocycles. The van der Waals surface area contributed by atoms with E-state index in [2.05, 4.69) is 13.8 Å². The Bertz CT molecular complexity index is 481. The van der Waals surface area contributed by atoms with Crippen molar-refractivity contribution in [3.05, 3.63) is 29.8 Å². The standard InChI is InChI=1S/C16H23NO3/c1-15(2)11-16(8-9-20-15,10-14(17)18)12-4-6-13(19-3)7-5-12/h4-7H,8-11H2,1-3H3,(H2,17,18)/t16-/m0/s1. The summed E-state index contributed by atoms with van der Waals surface area (Å²) < 4.78 is 11.0. The first kappa shape index (κ1) is 14.9. The zero-order valence-electron chi connectivity index (χ0n) is 12.4. The van der Waals surface area contributed by atoms with Gasteiger partial charge in [0.25, 0.3) is 0 Å². The topological polar surface area (TPSA) is 61.5 Å². The van der Waals surface area contributed by atoms with Gasteiger partial charge in [-0.1, -0.05) is 12.1 Å². The number of hydrogen-bond donors (Lipinski definition) is 1. The largest absolute Gasteiger partial charge is 0.497 e. The second kappa shape index (κ2) is 5.44. The number of ether oxygens (including phenoxy) is 2. The molecule has 0 radical (unpaired) electrons. The van der Waals surface area contributed by atoms with Crippen molar-refractivity contribution in [2.24, 2.45) is 5.73 Å². The van der Waals surface area contributed by atoms with E-state index in [1.165, 1.54) is 0 Å². The summed E-state index contributed by atoms with van der Waals surface area (Å²) in [5.74, 6) is 0.549. The second-order valence-electron chi connectivity index (χ2n) is 6.19. The maximum absolute atomic E-state index is 11.5. The van der Waals surface area contributed by atoms with Gasteiger partial charge in [0.1, 0.15) is 5.75 Å². The molecule has 1 fully saturated rings. The van der Waals surface area contributed by atoms with Crippen LogP contribution in [-0.4, -0.2) is 25.2 Å². The monoisotopic (exact) mass is 277 g/mol. The molecule has 1 atom stereocenters. The average Bonchev–Trinajstić information content (AvgIpc) is 2.37. The number of nitrogens with two attached hydrogens (primary N) is 1. The minimum absolute atomic E-state index is 0.236. The van der Waals surface area contributed by atoms with Gasteiger partial charge in [0.05, 0.1) is 12.7 Å². The van der Waals surface area contributed by atoms with Gasteiger partial charge in [0, 0.05) is 18.4 Å². The SMILES string of the molecule is COc1ccc([C@]2(CC(N)=O)CCOC(C)(C)C2)cc1. The zero-order valence-corrected chi connectivity index (χ0v) is 12.4. The molecule has 4 nitrogen and oxygen atoms in total. The molecule has 1 heterocycles. The fraction of sp³-hybridized carbons (Fsp3) is 0.562. The predicted octanol–water partition coefficient (Wildman–Crippen LogP) is 2.40. The summed E-state index contributed by atoms with van der Waals surface area (Å²) in [5.41, 5.74) is 6.14. The van der Waals surface area contributed by atoms with Crippen LogP contribution in [0.4, 0.5) is 0 Å². The number of primary amides is 1. The molecule has 1 aliphatic rings. The molecule has 0 spiro atoms. The van der Waals surface area contributed by atoms with Crippen LogP contribution in [0.1, 0.15) is 38.7 Å². The van der Waals surface area contributed by atoms with Crippen molar-refractivity contribution in [1.82, 2.24) is 0 Å². The molecule has 1 aliphatic heterocycles. The molecule has 2 rings (SSSR count). The van der Waals surface area contributed by atoms with Gasteiger partial charge in [-0.15, -0.1) is 0 Å². The summed E-state index contributed by atoms with van der Waals surface area (Å²) in [4.78, 5) is 11.5. The summed E-state index contributed by atoms with van der Waals surface area (Å²) in [6.45, 7) is 4.77. The highest BCUT2D eigenvalue weighted by Crippen LogP contribution is 2.44. The van der Waals surface area contributed by atoms with Gasteiger partial charge >= 0.3 is 0 Å². The van der Waals surface area contributed by atoms with Crippen molar-refractivity contribution in [2.75, 3.05) is 13.7 Å². The van der Waals surface area contributed by atoms with Gasteiger partial charge in [-0.05, 0) is 44.4 Å². The van der Waals surface area contributed by atoms with E-state index in [1.807, 2.05) is 24.3 Å². The minimum Gasteiger partial charge on any atom is -0.497 e. The molecule has 0 bridgehead atoms. The van der Waals surface area contributed by atoms with E-state index in [4.69, 9.17) is 15.2 Å². The van der Waals surface area contributed by atoms with Gasteiger partial charge in [-0.3, -0.25) is 4.79 Å². The molecule has 0 saturated carbocycles. The van der Waals surface area contributed by atoms with Crippen molar-refractivity contribution in [2.45, 2.75) is 44.1 Å². The van der Waals surface area contributed by atoms with Crippen LogP contribution >= 0.6 is 0 Å². The lowest BCUT2D eigenvalue weighted by atomic mass is 9.67. The van der Waals surface area contributed by atoms with E-state index in [0.717, 1.165) is 24.2 Å². The Kier molecular flexibility index (Phi) is 4.04. The van der Waals surface area contributed by atoms with E-state index < -0.39 is 0 Å². The number of carbonyl (C=O) groups excluding carboxylic acids is 1. The summed E-state index contributed by atoms with van der Waals surface area (Å²) in [6, 6.07) is 7.92. The van der Waals surface area contributed by atoms with Crippen LogP contribution in [0.15, 0.2) is 24.3 Å². The van der Waals surface area contributed by atoms with Crippen molar-refractivity contribution >= 4 is 5.91 Å². The van der Waals surface area contributed by atoms with Gasteiger partial charge < -0.3 is 15.2 Å². The average molecular weight is 277 g/mol. The van der Waals surface area contributed by atoms with E-state index in [0.29, 0.717) is 13.0 Å². The van der Waals surface area contributed by atoms with Crippen LogP contribution < -0.4 is 10.5 Å². The highest BCUT2D eigenvalue weighted by Gasteiger charge is 2.43. The van der Waals surface area contributed by atoms with E-state index >= 15 is 0 Å². The molecule has 1 saturated heterocycles. The maximum atomic E-state index is 11.5. The molecule has 1 amide bonds. The third kappa shape index (κ3) is 3.12. The van der Waals surface area contributed by atoms with Crippen molar-refractivity contribution in [1.29, 1.82) is 0 Å². The molecule has 110 valence electrons. The number of amides is 1. The third-order valence-corrected chi connectivity index (χ3v) is 4.05. The Morgan fingerprint density at radius 2 is 2.00 bits per heavy atom. The molecule has 0 aliphatic carbocycles. The normalized spacial score (nSPS) is 25.1. The van der Waals surface area contributed by atoms with Gasteiger partial charge in [0.2, 0.25) is 5.91 Å². The van der Waals surface area contributed by atoms with Crippen LogP contribution in [-0.2, 0) is 14.9 Å². The molecular formula is C16H23NO3. The summed E-state index contributed by atoms with van der Waals surface area (Å²) in [5, 5.41) is 0. The lowest BCUT2D eigenvalue weighted by molar-refractivity contribution is -0.123. The number of benzene rings is 1.